The summed E-state index contributed by atoms with van der Waals surface area (Å²) < 4.78 is 0. The van der Waals surface area contributed by atoms with Crippen molar-refractivity contribution in [3.63, 3.8) is 0 Å². The van der Waals surface area contributed by atoms with Crippen molar-refractivity contribution in [2.24, 2.45) is 0 Å². The Morgan fingerprint density at radius 2 is 1.94 bits per heavy atom. The minimum atomic E-state index is -0.642. The number of carbonyl (C=O) groups excluding carboxylic acids is 1. The number of nitrogens with one attached hydrogen (secondary N) is 2. The van der Waals surface area contributed by atoms with Crippen molar-refractivity contribution >= 4 is 5.91 Å². The number of likely N-dealkylation sites (N-methyl/N-ethyl adjacent to an activating group) is 1. The van der Waals surface area contributed by atoms with Gasteiger partial charge >= 0.3 is 0 Å². The Morgan fingerprint density at radius 3 is 2.44 bits per heavy atom. The van der Waals surface area contributed by atoms with Crippen LogP contribution in [0.3, 0.4) is 0 Å². The van der Waals surface area contributed by atoms with Gasteiger partial charge in [-0.1, -0.05) is 37.3 Å². The van der Waals surface area contributed by atoms with E-state index in [0.717, 1.165) is 12.1 Å². The topological polar surface area (TPSA) is 61.4 Å². The third kappa shape index (κ3) is 3.82. The van der Waals surface area contributed by atoms with Gasteiger partial charge in [-0.15, -0.1) is 0 Å². The van der Waals surface area contributed by atoms with Crippen molar-refractivity contribution in [3.05, 3.63) is 35.9 Å². The van der Waals surface area contributed by atoms with Gasteiger partial charge in [0.1, 0.15) is 0 Å². The lowest BCUT2D eigenvalue weighted by atomic mass is 10.0. The molecule has 0 saturated carbocycles. The molecule has 4 heteroatoms. The van der Waals surface area contributed by atoms with Crippen molar-refractivity contribution in [2.45, 2.75) is 32.4 Å². The second-order valence-corrected chi connectivity index (χ2v) is 4.77. The number of aliphatic hydroxyl groups is 1. The Bertz CT molecular complexity index is 377. The molecular formula is C14H22N2O2. The highest BCUT2D eigenvalue weighted by Gasteiger charge is 2.28. The van der Waals surface area contributed by atoms with Crippen LogP contribution in [-0.4, -0.2) is 29.7 Å². The van der Waals surface area contributed by atoms with Crippen LogP contribution >= 0.6 is 0 Å². The standard InChI is InChI=1S/C14H22N2O2/c1-4-15-14(2,3)13(18)16-12(10-17)11-8-6-5-7-9-11/h5-9,12,15,17H,4,10H2,1-3H3,(H,16,18). The number of rotatable bonds is 6. The predicted molar refractivity (Wildman–Crippen MR) is 72.2 cm³/mol. The van der Waals surface area contributed by atoms with Crippen LogP contribution in [0.2, 0.25) is 0 Å². The molecule has 0 spiro atoms. The molecule has 1 aromatic rings. The summed E-state index contributed by atoms with van der Waals surface area (Å²) in [5.41, 5.74) is 0.261. The fourth-order valence-corrected chi connectivity index (χ4v) is 1.78. The highest BCUT2D eigenvalue weighted by Crippen LogP contribution is 2.13. The van der Waals surface area contributed by atoms with Crippen LogP contribution in [0.15, 0.2) is 30.3 Å². The zero-order valence-electron chi connectivity index (χ0n) is 11.2. The van der Waals surface area contributed by atoms with Gasteiger partial charge in [-0.2, -0.15) is 0 Å². The molecule has 0 aromatic heterocycles. The Hall–Kier alpha value is -1.39. The number of carbonyl (C=O) groups is 1. The molecule has 4 nitrogen and oxygen atoms in total. The molecule has 1 amide bonds. The van der Waals surface area contributed by atoms with Crippen molar-refractivity contribution in [2.75, 3.05) is 13.2 Å². The van der Waals surface area contributed by atoms with E-state index in [1.54, 1.807) is 0 Å². The summed E-state index contributed by atoms with van der Waals surface area (Å²) in [5.74, 6) is -0.118. The molecule has 0 aliphatic heterocycles. The Balaban J connectivity index is 2.73. The first-order valence-corrected chi connectivity index (χ1v) is 6.23. The van der Waals surface area contributed by atoms with Gasteiger partial charge in [0.2, 0.25) is 5.91 Å². The van der Waals surface area contributed by atoms with E-state index >= 15 is 0 Å². The summed E-state index contributed by atoms with van der Waals surface area (Å²) in [7, 11) is 0. The molecule has 18 heavy (non-hydrogen) atoms. The van der Waals surface area contributed by atoms with Crippen molar-refractivity contribution in [1.29, 1.82) is 0 Å². The first kappa shape index (κ1) is 14.7. The van der Waals surface area contributed by atoms with Crippen LogP contribution in [0, 0.1) is 0 Å². The number of hydrogen-bond donors (Lipinski definition) is 3. The lowest BCUT2D eigenvalue weighted by molar-refractivity contribution is -0.127. The molecule has 3 N–H and O–H groups in total. The van der Waals surface area contributed by atoms with E-state index < -0.39 is 5.54 Å². The fraction of sp³-hybridized carbons (Fsp3) is 0.500. The molecule has 0 heterocycles. The second-order valence-electron chi connectivity index (χ2n) is 4.77. The molecule has 0 saturated heterocycles. The first-order valence-electron chi connectivity index (χ1n) is 6.23. The van der Waals surface area contributed by atoms with Crippen LogP contribution < -0.4 is 10.6 Å². The quantitative estimate of drug-likeness (QED) is 0.711. The molecule has 0 aliphatic rings. The summed E-state index contributed by atoms with van der Waals surface area (Å²) in [6, 6.07) is 9.10. The number of benzene rings is 1. The monoisotopic (exact) mass is 250 g/mol. The van der Waals surface area contributed by atoms with Crippen molar-refractivity contribution in [3.8, 4) is 0 Å². The van der Waals surface area contributed by atoms with Gasteiger partial charge in [-0.05, 0) is 26.0 Å². The van der Waals surface area contributed by atoms with E-state index in [1.807, 2.05) is 51.1 Å². The molecule has 1 unspecified atom stereocenters. The SMILES string of the molecule is CCNC(C)(C)C(=O)NC(CO)c1ccccc1. The van der Waals surface area contributed by atoms with Gasteiger partial charge in [0, 0.05) is 0 Å². The number of amides is 1. The van der Waals surface area contributed by atoms with E-state index in [2.05, 4.69) is 10.6 Å². The molecule has 100 valence electrons. The summed E-state index contributed by atoms with van der Waals surface area (Å²) in [6.45, 7) is 6.21. The van der Waals surface area contributed by atoms with E-state index in [-0.39, 0.29) is 18.6 Å². The molecular weight excluding hydrogens is 228 g/mol. The number of aliphatic hydroxyl groups excluding tert-OH is 1. The van der Waals surface area contributed by atoms with E-state index in [4.69, 9.17) is 0 Å². The zero-order chi connectivity index (χ0) is 13.6. The van der Waals surface area contributed by atoms with Gasteiger partial charge in [-0.3, -0.25) is 4.79 Å². The first-order chi connectivity index (χ1) is 8.51. The molecule has 1 aromatic carbocycles. The van der Waals surface area contributed by atoms with Crippen LogP contribution in [0.25, 0.3) is 0 Å². The average molecular weight is 250 g/mol. The predicted octanol–water partition coefficient (Wildman–Crippen LogP) is 1.22. The van der Waals surface area contributed by atoms with Gasteiger partial charge in [0.05, 0.1) is 18.2 Å². The van der Waals surface area contributed by atoms with E-state index in [0.29, 0.717) is 0 Å². The van der Waals surface area contributed by atoms with Gasteiger partial charge < -0.3 is 15.7 Å². The molecule has 1 atom stereocenters. The minimum Gasteiger partial charge on any atom is -0.394 e. The summed E-state index contributed by atoms with van der Waals surface area (Å²) in [5, 5.41) is 15.4. The fourth-order valence-electron chi connectivity index (χ4n) is 1.78. The average Bonchev–Trinajstić information content (AvgIpc) is 2.36. The minimum absolute atomic E-state index is 0.113. The Morgan fingerprint density at radius 1 is 1.33 bits per heavy atom. The highest BCUT2D eigenvalue weighted by atomic mass is 16.3. The lowest BCUT2D eigenvalue weighted by Gasteiger charge is -2.27. The maximum atomic E-state index is 12.1. The van der Waals surface area contributed by atoms with E-state index in [1.165, 1.54) is 0 Å². The summed E-state index contributed by atoms with van der Waals surface area (Å²) in [4.78, 5) is 12.1. The maximum Gasteiger partial charge on any atom is 0.240 e. The lowest BCUT2D eigenvalue weighted by Crippen LogP contribution is -2.53. The van der Waals surface area contributed by atoms with Crippen LogP contribution in [0.4, 0.5) is 0 Å². The molecule has 0 fully saturated rings. The number of hydrogen-bond acceptors (Lipinski definition) is 3. The van der Waals surface area contributed by atoms with Gasteiger partial charge in [0.25, 0.3) is 0 Å². The molecule has 0 aliphatic carbocycles. The third-order valence-electron chi connectivity index (χ3n) is 2.88. The van der Waals surface area contributed by atoms with E-state index in [9.17, 15) is 9.90 Å². The van der Waals surface area contributed by atoms with Crippen LogP contribution in [0.5, 0.6) is 0 Å². The van der Waals surface area contributed by atoms with Gasteiger partial charge in [-0.25, -0.2) is 0 Å². The summed E-state index contributed by atoms with van der Waals surface area (Å²) in [6.07, 6.45) is 0. The zero-order valence-corrected chi connectivity index (χ0v) is 11.2. The normalized spacial score (nSPS) is 13.1. The third-order valence-corrected chi connectivity index (χ3v) is 2.88. The maximum absolute atomic E-state index is 12.1. The summed E-state index contributed by atoms with van der Waals surface area (Å²) >= 11 is 0. The second kappa shape index (κ2) is 6.52. The molecule has 0 bridgehead atoms. The Labute approximate surface area is 108 Å². The van der Waals surface area contributed by atoms with Crippen LogP contribution in [-0.2, 0) is 4.79 Å². The highest BCUT2D eigenvalue weighted by molar-refractivity contribution is 5.85. The van der Waals surface area contributed by atoms with Crippen molar-refractivity contribution < 1.29 is 9.90 Å². The Kier molecular flexibility index (Phi) is 5.31. The van der Waals surface area contributed by atoms with Crippen molar-refractivity contribution in [1.82, 2.24) is 10.6 Å². The smallest absolute Gasteiger partial charge is 0.240 e. The largest absolute Gasteiger partial charge is 0.394 e. The van der Waals surface area contributed by atoms with Gasteiger partial charge in [0.15, 0.2) is 0 Å². The molecule has 0 radical (unpaired) electrons. The molecule has 1 rings (SSSR count). The van der Waals surface area contributed by atoms with Crippen LogP contribution in [0.1, 0.15) is 32.4 Å².